The van der Waals surface area contributed by atoms with Gasteiger partial charge in [0, 0.05) is 0 Å². The van der Waals surface area contributed by atoms with E-state index in [1.54, 1.807) is 24.3 Å². The topological polar surface area (TPSA) is 52.6 Å². The molecule has 138 valence electrons. The molecule has 0 atom stereocenters. The van der Waals surface area contributed by atoms with Crippen molar-refractivity contribution in [2.45, 2.75) is 71.3 Å². The molecule has 0 aromatic heterocycles. The van der Waals surface area contributed by atoms with Gasteiger partial charge >= 0.3 is 11.9 Å². The molecule has 1 aliphatic carbocycles. The molecule has 0 radical (unpaired) electrons. The molecular formula is C21H30O4. The van der Waals surface area contributed by atoms with E-state index in [9.17, 15) is 9.59 Å². The summed E-state index contributed by atoms with van der Waals surface area (Å²) in [5.41, 5.74) is 0.603. The zero-order valence-corrected chi connectivity index (χ0v) is 15.5. The maximum absolute atomic E-state index is 12.5. The molecule has 1 fully saturated rings. The summed E-state index contributed by atoms with van der Waals surface area (Å²) >= 11 is 0. The van der Waals surface area contributed by atoms with Crippen LogP contribution < -0.4 is 0 Å². The van der Waals surface area contributed by atoms with Gasteiger partial charge in [-0.15, -0.1) is 0 Å². The monoisotopic (exact) mass is 346 g/mol. The Kier molecular flexibility index (Phi) is 7.96. The number of hydrogen-bond acceptors (Lipinski definition) is 4. The first-order chi connectivity index (χ1) is 12.1. The highest BCUT2D eigenvalue weighted by Gasteiger charge is 2.22. The normalized spacial score (nSPS) is 15.6. The van der Waals surface area contributed by atoms with Crippen molar-refractivity contribution in [1.29, 1.82) is 0 Å². The van der Waals surface area contributed by atoms with E-state index < -0.39 is 11.9 Å². The standard InChI is InChI=1S/C21H30O4/c1-16(2)10-9-15-24-20(22)18-13-7-8-14-19(18)21(23)25-17-11-5-3-4-6-12-17/h7-8,13-14,16-17H,3-6,9-12,15H2,1-2H3. The van der Waals surface area contributed by atoms with Gasteiger partial charge in [-0.2, -0.15) is 0 Å². The van der Waals surface area contributed by atoms with Crippen molar-refractivity contribution in [2.24, 2.45) is 5.92 Å². The molecule has 1 aliphatic rings. The average molecular weight is 346 g/mol. The Morgan fingerprint density at radius 1 is 1.00 bits per heavy atom. The van der Waals surface area contributed by atoms with Crippen LogP contribution in [0.5, 0.6) is 0 Å². The second-order valence-electron chi connectivity index (χ2n) is 7.24. The van der Waals surface area contributed by atoms with Gasteiger partial charge in [0.1, 0.15) is 6.10 Å². The highest BCUT2D eigenvalue weighted by atomic mass is 16.5. The Morgan fingerprint density at radius 2 is 1.60 bits per heavy atom. The van der Waals surface area contributed by atoms with Crippen molar-refractivity contribution in [3.8, 4) is 0 Å². The quantitative estimate of drug-likeness (QED) is 0.389. The number of hydrogen-bond donors (Lipinski definition) is 0. The van der Waals surface area contributed by atoms with Crippen molar-refractivity contribution in [3.63, 3.8) is 0 Å². The third kappa shape index (κ3) is 6.52. The Balaban J connectivity index is 1.96. The highest BCUT2D eigenvalue weighted by Crippen LogP contribution is 2.22. The van der Waals surface area contributed by atoms with E-state index in [-0.39, 0.29) is 6.10 Å². The van der Waals surface area contributed by atoms with Crippen LogP contribution >= 0.6 is 0 Å². The Labute approximate surface area is 150 Å². The van der Waals surface area contributed by atoms with Crippen LogP contribution in [0.25, 0.3) is 0 Å². The summed E-state index contributed by atoms with van der Waals surface area (Å²) in [6, 6.07) is 6.77. The lowest BCUT2D eigenvalue weighted by Crippen LogP contribution is -2.20. The average Bonchev–Trinajstić information content (AvgIpc) is 2.87. The Bertz CT molecular complexity index is 557. The maximum Gasteiger partial charge on any atom is 0.339 e. The first kappa shape index (κ1) is 19.5. The number of carbonyl (C=O) groups is 2. The number of rotatable bonds is 7. The molecule has 1 saturated carbocycles. The van der Waals surface area contributed by atoms with Crippen LogP contribution in [0.4, 0.5) is 0 Å². The predicted octanol–water partition coefficient (Wildman–Crippen LogP) is 5.16. The van der Waals surface area contributed by atoms with Crippen molar-refractivity contribution in [3.05, 3.63) is 35.4 Å². The SMILES string of the molecule is CC(C)CCCOC(=O)c1ccccc1C(=O)OC1CCCCCC1. The van der Waals surface area contributed by atoms with Crippen LogP contribution in [0.1, 0.15) is 85.9 Å². The molecule has 1 aromatic carbocycles. The third-order valence-electron chi connectivity index (χ3n) is 4.60. The van der Waals surface area contributed by atoms with Gasteiger partial charge in [-0.1, -0.05) is 38.8 Å². The molecule has 0 heterocycles. The smallest absolute Gasteiger partial charge is 0.339 e. The predicted molar refractivity (Wildman–Crippen MR) is 97.7 cm³/mol. The second kappa shape index (κ2) is 10.2. The van der Waals surface area contributed by atoms with Gasteiger partial charge < -0.3 is 9.47 Å². The molecule has 0 unspecified atom stereocenters. The van der Waals surface area contributed by atoms with Crippen molar-refractivity contribution in [2.75, 3.05) is 6.61 Å². The summed E-state index contributed by atoms with van der Waals surface area (Å²) < 4.78 is 11.0. The molecule has 1 aromatic rings. The molecule has 0 aliphatic heterocycles. The Hall–Kier alpha value is -1.84. The summed E-state index contributed by atoms with van der Waals surface area (Å²) in [5.74, 6) is -0.278. The van der Waals surface area contributed by atoms with E-state index in [1.165, 1.54) is 12.8 Å². The summed E-state index contributed by atoms with van der Waals surface area (Å²) in [6.07, 6.45) is 8.22. The molecule has 2 rings (SSSR count). The molecule has 4 nitrogen and oxygen atoms in total. The minimum Gasteiger partial charge on any atom is -0.462 e. The lowest BCUT2D eigenvalue weighted by molar-refractivity contribution is 0.0257. The van der Waals surface area contributed by atoms with Gasteiger partial charge in [0.05, 0.1) is 17.7 Å². The highest BCUT2D eigenvalue weighted by molar-refractivity contribution is 6.03. The first-order valence-electron chi connectivity index (χ1n) is 9.55. The number of ether oxygens (including phenoxy) is 2. The molecule has 25 heavy (non-hydrogen) atoms. The van der Waals surface area contributed by atoms with Gasteiger partial charge in [-0.25, -0.2) is 9.59 Å². The van der Waals surface area contributed by atoms with Crippen LogP contribution in [0.2, 0.25) is 0 Å². The van der Waals surface area contributed by atoms with E-state index in [4.69, 9.17) is 9.47 Å². The lowest BCUT2D eigenvalue weighted by atomic mass is 10.1. The second-order valence-corrected chi connectivity index (χ2v) is 7.24. The lowest BCUT2D eigenvalue weighted by Gasteiger charge is -2.16. The molecule has 0 amide bonds. The summed E-state index contributed by atoms with van der Waals surface area (Å²) in [5, 5.41) is 0. The molecule has 0 saturated heterocycles. The van der Waals surface area contributed by atoms with Gasteiger partial charge in [-0.3, -0.25) is 0 Å². The van der Waals surface area contributed by atoms with E-state index in [2.05, 4.69) is 13.8 Å². The molecule has 0 N–H and O–H groups in total. The van der Waals surface area contributed by atoms with Crippen LogP contribution in [-0.2, 0) is 9.47 Å². The van der Waals surface area contributed by atoms with Crippen LogP contribution in [0, 0.1) is 5.92 Å². The molecule has 0 spiro atoms. The van der Waals surface area contributed by atoms with Crippen LogP contribution in [-0.4, -0.2) is 24.6 Å². The fraction of sp³-hybridized carbons (Fsp3) is 0.619. The number of benzene rings is 1. The van der Waals surface area contributed by atoms with Crippen LogP contribution in [0.3, 0.4) is 0 Å². The van der Waals surface area contributed by atoms with Crippen molar-refractivity contribution < 1.29 is 19.1 Å². The van der Waals surface area contributed by atoms with Crippen molar-refractivity contribution >= 4 is 11.9 Å². The van der Waals surface area contributed by atoms with E-state index in [0.717, 1.165) is 38.5 Å². The van der Waals surface area contributed by atoms with E-state index in [0.29, 0.717) is 23.7 Å². The minimum absolute atomic E-state index is 0.0369. The number of esters is 2. The Morgan fingerprint density at radius 3 is 2.20 bits per heavy atom. The fourth-order valence-electron chi connectivity index (χ4n) is 3.15. The zero-order chi connectivity index (χ0) is 18.1. The number of carbonyl (C=O) groups excluding carboxylic acids is 2. The fourth-order valence-corrected chi connectivity index (χ4v) is 3.15. The third-order valence-corrected chi connectivity index (χ3v) is 4.60. The van der Waals surface area contributed by atoms with Gasteiger partial charge in [-0.05, 0) is 56.6 Å². The largest absolute Gasteiger partial charge is 0.462 e. The molecule has 4 heteroatoms. The molecular weight excluding hydrogens is 316 g/mol. The maximum atomic E-state index is 12.5. The zero-order valence-electron chi connectivity index (χ0n) is 15.5. The molecule has 0 bridgehead atoms. The van der Waals surface area contributed by atoms with Crippen molar-refractivity contribution in [1.82, 2.24) is 0 Å². The van der Waals surface area contributed by atoms with Crippen LogP contribution in [0.15, 0.2) is 24.3 Å². The first-order valence-corrected chi connectivity index (χ1v) is 9.55. The minimum atomic E-state index is -0.447. The van der Waals surface area contributed by atoms with E-state index in [1.807, 2.05) is 0 Å². The van der Waals surface area contributed by atoms with Gasteiger partial charge in [0.15, 0.2) is 0 Å². The van der Waals surface area contributed by atoms with E-state index >= 15 is 0 Å². The van der Waals surface area contributed by atoms with Gasteiger partial charge in [0.25, 0.3) is 0 Å². The summed E-state index contributed by atoms with van der Waals surface area (Å²) in [7, 11) is 0. The van der Waals surface area contributed by atoms with Gasteiger partial charge in [0.2, 0.25) is 0 Å². The summed E-state index contributed by atoms with van der Waals surface area (Å²) in [6.45, 7) is 4.66. The summed E-state index contributed by atoms with van der Waals surface area (Å²) in [4.78, 5) is 24.9.